The lowest BCUT2D eigenvalue weighted by Crippen LogP contribution is -2.41. The molecule has 0 saturated carbocycles. The summed E-state index contributed by atoms with van der Waals surface area (Å²) in [4.78, 5) is 14.2. The van der Waals surface area contributed by atoms with E-state index in [2.05, 4.69) is 22.9 Å². The number of carbonyl (C=O) groups excluding carboxylic acids is 1. The average molecular weight is 338 g/mol. The monoisotopic (exact) mass is 337 g/mol. The van der Waals surface area contributed by atoms with Crippen LogP contribution >= 0.6 is 15.9 Å². The summed E-state index contributed by atoms with van der Waals surface area (Å²) in [5.41, 5.74) is 0.903. The van der Waals surface area contributed by atoms with E-state index in [4.69, 9.17) is 4.74 Å². The van der Waals surface area contributed by atoms with Crippen LogP contribution in [0.15, 0.2) is 28.7 Å². The number of hydrogen-bond acceptors (Lipinski definition) is 2. The van der Waals surface area contributed by atoms with Crippen molar-refractivity contribution in [2.24, 2.45) is 0 Å². The van der Waals surface area contributed by atoms with E-state index in [1.54, 1.807) is 13.2 Å². The Hall–Kier alpha value is -1.29. The van der Waals surface area contributed by atoms with Crippen LogP contribution in [0.1, 0.15) is 31.7 Å². The Balaban J connectivity index is 2.12. The number of hydrogen-bond donors (Lipinski definition) is 0. The fourth-order valence-corrected chi connectivity index (χ4v) is 2.90. The highest BCUT2D eigenvalue weighted by molar-refractivity contribution is 9.10. The first-order valence-corrected chi connectivity index (χ1v) is 7.73. The van der Waals surface area contributed by atoms with Crippen molar-refractivity contribution in [2.45, 2.75) is 32.2 Å². The zero-order valence-corrected chi connectivity index (χ0v) is 13.5. The maximum Gasteiger partial charge on any atom is 0.246 e. The number of likely N-dealkylation sites (tertiary alicyclic amines) is 1. The normalized spacial score (nSPS) is 19.4. The summed E-state index contributed by atoms with van der Waals surface area (Å²) in [6.45, 7) is 2.98. The Bertz CT molecular complexity index is 513. The van der Waals surface area contributed by atoms with Gasteiger partial charge in [0.15, 0.2) is 0 Å². The van der Waals surface area contributed by atoms with Gasteiger partial charge in [0.25, 0.3) is 0 Å². The van der Waals surface area contributed by atoms with E-state index in [0.717, 1.165) is 35.2 Å². The van der Waals surface area contributed by atoms with Crippen LogP contribution in [-0.4, -0.2) is 30.5 Å². The molecule has 0 spiro atoms. The third-order valence-corrected chi connectivity index (χ3v) is 4.18. The van der Waals surface area contributed by atoms with Crippen molar-refractivity contribution in [3.63, 3.8) is 0 Å². The molecule has 0 aliphatic carbocycles. The molecule has 1 saturated heterocycles. The Kier molecular flexibility index (Phi) is 5.24. The number of nitrogens with zero attached hydrogens (tertiary/aromatic N) is 1. The van der Waals surface area contributed by atoms with Crippen LogP contribution in [0.3, 0.4) is 0 Å². The average Bonchev–Trinajstić information content (AvgIpc) is 2.45. The summed E-state index contributed by atoms with van der Waals surface area (Å²) in [6, 6.07) is 6.09. The van der Waals surface area contributed by atoms with E-state index in [0.29, 0.717) is 6.04 Å². The number of methoxy groups -OCH3 is 1. The number of amides is 1. The van der Waals surface area contributed by atoms with Crippen LogP contribution in [0.25, 0.3) is 6.08 Å². The van der Waals surface area contributed by atoms with Gasteiger partial charge < -0.3 is 9.64 Å². The molecule has 0 N–H and O–H groups in total. The van der Waals surface area contributed by atoms with Crippen molar-refractivity contribution in [3.05, 3.63) is 34.3 Å². The van der Waals surface area contributed by atoms with Crippen LogP contribution in [-0.2, 0) is 4.79 Å². The Morgan fingerprint density at radius 3 is 2.95 bits per heavy atom. The zero-order chi connectivity index (χ0) is 14.5. The summed E-state index contributed by atoms with van der Waals surface area (Å²) >= 11 is 3.43. The van der Waals surface area contributed by atoms with Crippen molar-refractivity contribution < 1.29 is 9.53 Å². The molecular formula is C16H20BrNO2. The fourth-order valence-electron chi connectivity index (χ4n) is 2.52. The first-order chi connectivity index (χ1) is 9.61. The van der Waals surface area contributed by atoms with Crippen molar-refractivity contribution in [1.29, 1.82) is 0 Å². The Labute approximate surface area is 128 Å². The molecule has 0 aromatic heterocycles. The highest BCUT2D eigenvalue weighted by atomic mass is 79.9. The molecule has 3 nitrogen and oxygen atoms in total. The van der Waals surface area contributed by atoms with Gasteiger partial charge in [-0.2, -0.15) is 0 Å². The van der Waals surface area contributed by atoms with Gasteiger partial charge in [-0.15, -0.1) is 0 Å². The maximum atomic E-state index is 12.3. The van der Waals surface area contributed by atoms with Crippen LogP contribution in [0.5, 0.6) is 5.75 Å². The number of carbonyl (C=O) groups is 1. The number of rotatable bonds is 3. The van der Waals surface area contributed by atoms with E-state index in [-0.39, 0.29) is 5.91 Å². The highest BCUT2D eigenvalue weighted by Gasteiger charge is 2.21. The number of ether oxygens (including phenoxy) is 1. The standard InChI is InChI=1S/C16H20BrNO2/c1-12-5-3-4-10-18(12)16(19)9-6-13-11-14(17)7-8-15(13)20-2/h6-9,11-12H,3-5,10H2,1-2H3. The van der Waals surface area contributed by atoms with E-state index in [1.807, 2.05) is 29.2 Å². The second-order valence-corrected chi connectivity index (χ2v) is 6.01. The van der Waals surface area contributed by atoms with Crippen molar-refractivity contribution in [1.82, 2.24) is 4.90 Å². The molecule has 4 heteroatoms. The molecule has 1 fully saturated rings. The van der Waals surface area contributed by atoms with Gasteiger partial charge in [0.1, 0.15) is 5.75 Å². The quantitative estimate of drug-likeness (QED) is 0.783. The Morgan fingerprint density at radius 1 is 1.45 bits per heavy atom. The molecule has 2 rings (SSSR count). The predicted molar refractivity (Wildman–Crippen MR) is 84.8 cm³/mol. The van der Waals surface area contributed by atoms with Gasteiger partial charge in [-0.1, -0.05) is 15.9 Å². The molecule has 1 aromatic carbocycles. The summed E-state index contributed by atoms with van der Waals surface area (Å²) in [5.74, 6) is 0.850. The van der Waals surface area contributed by atoms with Crippen molar-refractivity contribution in [3.8, 4) is 5.75 Å². The molecule has 20 heavy (non-hydrogen) atoms. The maximum absolute atomic E-state index is 12.3. The smallest absolute Gasteiger partial charge is 0.246 e. The van der Waals surface area contributed by atoms with Gasteiger partial charge >= 0.3 is 0 Å². The molecule has 1 aliphatic heterocycles. The van der Waals surface area contributed by atoms with Crippen LogP contribution in [0.2, 0.25) is 0 Å². The summed E-state index contributed by atoms with van der Waals surface area (Å²) in [7, 11) is 1.63. The van der Waals surface area contributed by atoms with Crippen LogP contribution in [0.4, 0.5) is 0 Å². The molecule has 0 radical (unpaired) electrons. The van der Waals surface area contributed by atoms with Crippen LogP contribution in [0, 0.1) is 0 Å². The lowest BCUT2D eigenvalue weighted by molar-refractivity contribution is -0.129. The van der Waals surface area contributed by atoms with E-state index >= 15 is 0 Å². The molecule has 0 bridgehead atoms. The zero-order valence-electron chi connectivity index (χ0n) is 11.9. The van der Waals surface area contributed by atoms with Gasteiger partial charge in [-0.25, -0.2) is 0 Å². The first-order valence-electron chi connectivity index (χ1n) is 6.94. The SMILES string of the molecule is COc1ccc(Br)cc1C=CC(=O)N1CCCCC1C. The lowest BCUT2D eigenvalue weighted by atomic mass is 10.0. The molecule has 1 heterocycles. The lowest BCUT2D eigenvalue weighted by Gasteiger charge is -2.32. The van der Waals surface area contributed by atoms with E-state index in [1.165, 1.54) is 6.42 Å². The van der Waals surface area contributed by atoms with Gasteiger partial charge in [0.2, 0.25) is 5.91 Å². The molecule has 1 atom stereocenters. The summed E-state index contributed by atoms with van der Waals surface area (Å²) in [6.07, 6.45) is 6.89. The largest absolute Gasteiger partial charge is 0.496 e. The second kappa shape index (κ2) is 6.93. The topological polar surface area (TPSA) is 29.5 Å². The van der Waals surface area contributed by atoms with E-state index in [9.17, 15) is 4.79 Å². The molecule has 1 aromatic rings. The minimum Gasteiger partial charge on any atom is -0.496 e. The van der Waals surface area contributed by atoms with Crippen molar-refractivity contribution in [2.75, 3.05) is 13.7 Å². The third kappa shape index (κ3) is 3.63. The highest BCUT2D eigenvalue weighted by Crippen LogP contribution is 2.24. The summed E-state index contributed by atoms with van der Waals surface area (Å²) in [5, 5.41) is 0. The molecule has 1 amide bonds. The minimum absolute atomic E-state index is 0.0826. The molecule has 1 unspecified atom stereocenters. The Morgan fingerprint density at radius 2 is 2.25 bits per heavy atom. The van der Waals surface area contributed by atoms with Crippen molar-refractivity contribution >= 4 is 27.9 Å². The number of halogens is 1. The summed E-state index contributed by atoms with van der Waals surface area (Å²) < 4.78 is 6.27. The number of piperidine rings is 1. The minimum atomic E-state index is 0.0826. The molecule has 108 valence electrons. The first kappa shape index (κ1) is 15.1. The molecular weight excluding hydrogens is 318 g/mol. The third-order valence-electron chi connectivity index (χ3n) is 3.68. The molecule has 1 aliphatic rings. The van der Waals surface area contributed by atoms with Gasteiger partial charge in [0.05, 0.1) is 7.11 Å². The predicted octanol–water partition coefficient (Wildman–Crippen LogP) is 3.87. The number of benzene rings is 1. The van der Waals surface area contributed by atoms with Gasteiger partial charge in [-0.3, -0.25) is 4.79 Å². The van der Waals surface area contributed by atoms with Gasteiger partial charge in [0, 0.05) is 28.7 Å². The fraction of sp³-hybridized carbons (Fsp3) is 0.438. The van der Waals surface area contributed by atoms with Crippen LogP contribution < -0.4 is 4.74 Å². The second-order valence-electron chi connectivity index (χ2n) is 5.10. The van der Waals surface area contributed by atoms with E-state index < -0.39 is 0 Å². The van der Waals surface area contributed by atoms with Gasteiger partial charge in [-0.05, 0) is 50.5 Å².